The molecule has 0 radical (unpaired) electrons. The van der Waals surface area contributed by atoms with Gasteiger partial charge in [-0.25, -0.2) is 9.18 Å². The van der Waals surface area contributed by atoms with Gasteiger partial charge in [-0.05, 0) is 25.0 Å². The largest absolute Gasteiger partial charge is 0.494 e. The molecule has 3 rings (SSSR count). The highest BCUT2D eigenvalue weighted by Crippen LogP contribution is 2.34. The van der Waals surface area contributed by atoms with E-state index in [0.29, 0.717) is 5.69 Å². The summed E-state index contributed by atoms with van der Waals surface area (Å²) in [6, 6.07) is 3.33. The Hall–Kier alpha value is -3.56. The molecule has 1 aromatic heterocycles. The van der Waals surface area contributed by atoms with Gasteiger partial charge in [0.15, 0.2) is 11.4 Å². The summed E-state index contributed by atoms with van der Waals surface area (Å²) in [6.45, 7) is 0. The lowest BCUT2D eigenvalue weighted by molar-refractivity contribution is -0.119. The zero-order valence-corrected chi connectivity index (χ0v) is 15.8. The molecule has 1 aliphatic rings. The molecule has 1 saturated carbocycles. The lowest BCUT2D eigenvalue weighted by atomic mass is 10.1. The maximum atomic E-state index is 14.0. The predicted octanol–water partition coefficient (Wildman–Crippen LogP) is 1.95. The molecule has 1 amide bonds. The monoisotopic (exact) mass is 402 g/mol. The number of methoxy groups -OCH3 is 1. The topological polar surface area (TPSA) is 131 Å². The number of nitrogens with one attached hydrogen (secondary N) is 2. The minimum Gasteiger partial charge on any atom is -0.494 e. The van der Waals surface area contributed by atoms with Crippen molar-refractivity contribution in [1.82, 2.24) is 15.5 Å². The number of aromatic nitrogens is 2. The average molecular weight is 402 g/mol. The van der Waals surface area contributed by atoms with Crippen molar-refractivity contribution in [2.24, 2.45) is 5.92 Å². The van der Waals surface area contributed by atoms with Crippen LogP contribution in [0.5, 0.6) is 5.75 Å². The Morgan fingerprint density at radius 3 is 2.52 bits per heavy atom. The van der Waals surface area contributed by atoms with E-state index in [1.165, 1.54) is 20.2 Å². The van der Waals surface area contributed by atoms with Gasteiger partial charge >= 0.3 is 5.97 Å². The lowest BCUT2D eigenvalue weighted by Crippen LogP contribution is -2.22. The molecule has 0 spiro atoms. The van der Waals surface area contributed by atoms with E-state index >= 15 is 0 Å². The highest BCUT2D eigenvalue weighted by Gasteiger charge is 2.30. The number of halogens is 1. The van der Waals surface area contributed by atoms with Crippen LogP contribution >= 0.6 is 0 Å². The summed E-state index contributed by atoms with van der Waals surface area (Å²) in [5, 5.41) is 22.3. The standard InChI is InChI=1S/C19H19FN4O5/c1-21-18(26)16-13(7-11(23-24-16)8-15(25)9-3-4-9)22-14-6-10(20)5-12(19(27)28)17(14)29-2/h5-7,9H,3-4,8H2,1-2H3,(H,21,26)(H,22,23)(H,27,28). The zero-order valence-electron chi connectivity index (χ0n) is 15.8. The van der Waals surface area contributed by atoms with E-state index in [1.54, 1.807) is 0 Å². The molecule has 0 aliphatic heterocycles. The summed E-state index contributed by atoms with van der Waals surface area (Å²) in [4.78, 5) is 35.6. The average Bonchev–Trinajstić information content (AvgIpc) is 3.52. The van der Waals surface area contributed by atoms with Crippen LogP contribution in [0.25, 0.3) is 0 Å². The Morgan fingerprint density at radius 1 is 1.21 bits per heavy atom. The van der Waals surface area contributed by atoms with Crippen LogP contribution in [0.3, 0.4) is 0 Å². The molecule has 0 bridgehead atoms. The molecule has 0 atom stereocenters. The second-order valence-corrected chi connectivity index (χ2v) is 6.56. The van der Waals surface area contributed by atoms with Crippen LogP contribution in [-0.4, -0.2) is 47.1 Å². The number of carbonyl (C=O) groups excluding carboxylic acids is 2. The fourth-order valence-electron chi connectivity index (χ4n) is 2.84. The molecule has 0 unspecified atom stereocenters. The van der Waals surface area contributed by atoms with Gasteiger partial charge in [0.05, 0.1) is 30.6 Å². The van der Waals surface area contributed by atoms with Gasteiger partial charge in [-0.2, -0.15) is 5.10 Å². The molecular formula is C19H19FN4O5. The Bertz CT molecular complexity index is 991. The number of carbonyl (C=O) groups is 3. The van der Waals surface area contributed by atoms with Crippen LogP contribution in [-0.2, 0) is 11.2 Å². The van der Waals surface area contributed by atoms with Gasteiger partial charge in [0.1, 0.15) is 17.2 Å². The number of ketones is 1. The smallest absolute Gasteiger partial charge is 0.339 e. The van der Waals surface area contributed by atoms with E-state index in [0.717, 1.165) is 25.0 Å². The van der Waals surface area contributed by atoms with Crippen molar-refractivity contribution in [1.29, 1.82) is 0 Å². The highest BCUT2D eigenvalue weighted by atomic mass is 19.1. The number of anilines is 2. The lowest BCUT2D eigenvalue weighted by Gasteiger charge is -2.16. The quantitative estimate of drug-likeness (QED) is 0.611. The number of Topliss-reactive ketones (excluding diaryl/α,β-unsaturated/α-hetero) is 1. The van der Waals surface area contributed by atoms with Gasteiger partial charge in [-0.1, -0.05) is 0 Å². The number of rotatable bonds is 8. The van der Waals surface area contributed by atoms with Gasteiger partial charge in [-0.15, -0.1) is 5.10 Å². The maximum Gasteiger partial charge on any atom is 0.339 e. The molecule has 1 aromatic carbocycles. The van der Waals surface area contributed by atoms with E-state index < -0.39 is 17.7 Å². The summed E-state index contributed by atoms with van der Waals surface area (Å²) in [7, 11) is 2.65. The van der Waals surface area contributed by atoms with Crippen LogP contribution in [0.4, 0.5) is 15.8 Å². The minimum absolute atomic E-state index is 0.0116. The SMILES string of the molecule is CNC(=O)c1nnc(CC(=O)C2CC2)cc1Nc1cc(F)cc(C(=O)O)c1OC. The zero-order chi connectivity index (χ0) is 21.1. The maximum absolute atomic E-state index is 14.0. The summed E-state index contributed by atoms with van der Waals surface area (Å²) < 4.78 is 19.1. The molecule has 10 heteroatoms. The van der Waals surface area contributed by atoms with Gasteiger partial charge in [0.2, 0.25) is 0 Å². The van der Waals surface area contributed by atoms with E-state index in [9.17, 15) is 23.9 Å². The third-order valence-electron chi connectivity index (χ3n) is 4.43. The molecule has 1 heterocycles. The number of hydrogen-bond donors (Lipinski definition) is 3. The van der Waals surface area contributed by atoms with Crippen LogP contribution < -0.4 is 15.4 Å². The molecule has 0 saturated heterocycles. The van der Waals surface area contributed by atoms with Crippen LogP contribution in [0.15, 0.2) is 18.2 Å². The summed E-state index contributed by atoms with van der Waals surface area (Å²) >= 11 is 0. The first-order valence-corrected chi connectivity index (χ1v) is 8.83. The van der Waals surface area contributed by atoms with Crippen molar-refractivity contribution < 1.29 is 28.6 Å². The van der Waals surface area contributed by atoms with E-state index in [4.69, 9.17) is 4.74 Å². The first kappa shape index (κ1) is 20.2. The number of ether oxygens (including phenoxy) is 1. The molecule has 29 heavy (non-hydrogen) atoms. The van der Waals surface area contributed by atoms with Crippen molar-refractivity contribution in [3.8, 4) is 5.75 Å². The van der Waals surface area contributed by atoms with Gasteiger partial charge in [0, 0.05) is 19.0 Å². The number of carboxylic acid groups (broad SMARTS) is 1. The molecular weight excluding hydrogens is 383 g/mol. The number of benzene rings is 1. The Balaban J connectivity index is 2.03. The number of aromatic carboxylic acids is 1. The third-order valence-corrected chi connectivity index (χ3v) is 4.43. The number of carboxylic acids is 1. The first-order chi connectivity index (χ1) is 13.8. The third kappa shape index (κ3) is 4.48. The van der Waals surface area contributed by atoms with Crippen molar-refractivity contribution in [2.45, 2.75) is 19.3 Å². The molecule has 3 N–H and O–H groups in total. The van der Waals surface area contributed by atoms with Crippen LogP contribution in [0.1, 0.15) is 39.4 Å². The summed E-state index contributed by atoms with van der Waals surface area (Å²) in [6.07, 6.45) is 1.76. The molecule has 152 valence electrons. The van der Waals surface area contributed by atoms with Crippen molar-refractivity contribution in [3.63, 3.8) is 0 Å². The Labute approximate surface area is 165 Å². The minimum atomic E-state index is -1.38. The van der Waals surface area contributed by atoms with Crippen molar-refractivity contribution >= 4 is 29.0 Å². The van der Waals surface area contributed by atoms with Crippen molar-refractivity contribution in [2.75, 3.05) is 19.5 Å². The fraction of sp³-hybridized carbons (Fsp3) is 0.316. The summed E-state index contributed by atoms with van der Waals surface area (Å²) in [5.41, 5.74) is -0.0208. The Kier molecular flexibility index (Phi) is 5.71. The number of hydrogen-bond acceptors (Lipinski definition) is 7. The van der Waals surface area contributed by atoms with Crippen LogP contribution in [0.2, 0.25) is 0 Å². The van der Waals surface area contributed by atoms with E-state index in [2.05, 4.69) is 20.8 Å². The molecule has 2 aromatic rings. The van der Waals surface area contributed by atoms with E-state index in [1.807, 2.05) is 0 Å². The predicted molar refractivity (Wildman–Crippen MR) is 100 cm³/mol. The van der Waals surface area contributed by atoms with E-state index in [-0.39, 0.29) is 46.5 Å². The molecule has 1 fully saturated rings. The van der Waals surface area contributed by atoms with Gasteiger partial charge < -0.3 is 20.5 Å². The highest BCUT2D eigenvalue weighted by molar-refractivity contribution is 5.99. The first-order valence-electron chi connectivity index (χ1n) is 8.83. The molecule has 1 aliphatic carbocycles. The van der Waals surface area contributed by atoms with Crippen LogP contribution in [0, 0.1) is 11.7 Å². The second kappa shape index (κ2) is 8.21. The van der Waals surface area contributed by atoms with Crippen molar-refractivity contribution in [3.05, 3.63) is 41.0 Å². The second-order valence-electron chi connectivity index (χ2n) is 6.56. The Morgan fingerprint density at radius 2 is 1.93 bits per heavy atom. The van der Waals surface area contributed by atoms with Gasteiger partial charge in [0.25, 0.3) is 5.91 Å². The summed E-state index contributed by atoms with van der Waals surface area (Å²) in [5.74, 6) is -2.79. The fourth-order valence-corrected chi connectivity index (χ4v) is 2.84. The molecule has 9 nitrogen and oxygen atoms in total. The number of nitrogens with zero attached hydrogens (tertiary/aromatic N) is 2. The van der Waals surface area contributed by atoms with Gasteiger partial charge in [-0.3, -0.25) is 9.59 Å². The normalized spacial score (nSPS) is 12.9. The number of amides is 1.